The molecule has 0 amide bonds. The van der Waals surface area contributed by atoms with Gasteiger partial charge in [0, 0.05) is 6.42 Å². The maximum atomic E-state index is 12.0. The molecular formula is C20H35O8P. The lowest BCUT2D eigenvalue weighted by molar-refractivity contribution is -0.405. The summed E-state index contributed by atoms with van der Waals surface area (Å²) in [5.41, 5.74) is 0. The van der Waals surface area contributed by atoms with Gasteiger partial charge in [-0.2, -0.15) is 0 Å². The number of carbonyl (C=O) groups excluding carboxylic acids is 2. The average molecular weight is 434 g/mol. The summed E-state index contributed by atoms with van der Waals surface area (Å²) in [4.78, 5) is 23.9. The van der Waals surface area contributed by atoms with Gasteiger partial charge in [0.2, 0.25) is 0 Å². The van der Waals surface area contributed by atoms with Crippen molar-refractivity contribution in [2.24, 2.45) is 0 Å². The zero-order valence-corrected chi connectivity index (χ0v) is 18.3. The van der Waals surface area contributed by atoms with Crippen molar-refractivity contribution in [3.05, 3.63) is 0 Å². The molecule has 3 aliphatic heterocycles. The van der Waals surface area contributed by atoms with E-state index in [2.05, 4.69) is 20.5 Å². The third-order valence-corrected chi connectivity index (χ3v) is 6.83. The second-order valence-electron chi connectivity index (χ2n) is 8.05. The van der Waals surface area contributed by atoms with Crippen molar-refractivity contribution >= 4 is 19.4 Å². The molecule has 3 heterocycles. The lowest BCUT2D eigenvalue weighted by Crippen LogP contribution is -2.69. The number of Topliss-reactive ketones (excluding diaryl/α,β-unsaturated/α-hetero) is 2. The van der Waals surface area contributed by atoms with Gasteiger partial charge in [0.15, 0.2) is 5.78 Å². The van der Waals surface area contributed by atoms with E-state index < -0.39 is 31.1 Å². The fourth-order valence-electron chi connectivity index (χ4n) is 3.58. The molecule has 0 atom stereocenters. The highest BCUT2D eigenvalue weighted by Gasteiger charge is 2.82. The molecule has 2 N–H and O–H groups in total. The van der Waals surface area contributed by atoms with Gasteiger partial charge in [0.25, 0.3) is 11.6 Å². The average Bonchev–Trinajstić information content (AvgIpc) is 2.64. The topological polar surface area (TPSA) is 119 Å². The van der Waals surface area contributed by atoms with E-state index in [0.29, 0.717) is 6.42 Å². The van der Waals surface area contributed by atoms with Crippen LogP contribution >= 0.6 is 7.82 Å². The van der Waals surface area contributed by atoms with Crippen molar-refractivity contribution in [1.82, 2.24) is 0 Å². The zero-order valence-electron chi connectivity index (χ0n) is 17.4. The molecule has 3 fully saturated rings. The van der Waals surface area contributed by atoms with E-state index in [1.807, 2.05) is 0 Å². The number of phosphoric acid groups is 1. The molecule has 9 heteroatoms. The molecule has 3 saturated heterocycles. The summed E-state index contributed by atoms with van der Waals surface area (Å²) >= 11 is 0. The van der Waals surface area contributed by atoms with E-state index in [0.717, 1.165) is 19.3 Å². The monoisotopic (exact) mass is 434 g/mol. The Kier molecular flexibility index (Phi) is 9.45. The number of unbranched alkanes of at least 4 members (excludes halogenated alkanes) is 13. The minimum Gasteiger partial charge on any atom is -0.354 e. The zero-order chi connectivity index (χ0) is 21.4. The van der Waals surface area contributed by atoms with Gasteiger partial charge in [0.1, 0.15) is 0 Å². The van der Waals surface area contributed by atoms with Crippen molar-refractivity contribution in [2.45, 2.75) is 115 Å². The van der Waals surface area contributed by atoms with Crippen molar-refractivity contribution in [3.8, 4) is 0 Å². The predicted molar refractivity (Wildman–Crippen MR) is 106 cm³/mol. The number of aliphatic hydroxyl groups is 2. The Labute approximate surface area is 172 Å². The summed E-state index contributed by atoms with van der Waals surface area (Å²) in [6.45, 7) is 2.23. The summed E-state index contributed by atoms with van der Waals surface area (Å²) in [7, 11) is -3.65. The van der Waals surface area contributed by atoms with E-state index in [-0.39, 0.29) is 6.42 Å². The molecule has 0 unspecified atom stereocenters. The number of rotatable bonds is 18. The van der Waals surface area contributed by atoms with Crippen molar-refractivity contribution in [1.29, 1.82) is 0 Å². The normalized spacial score (nSPS) is 25.3. The molecule has 3 rings (SSSR count). The molecular weight excluding hydrogens is 399 g/mol. The molecule has 2 bridgehead atoms. The summed E-state index contributed by atoms with van der Waals surface area (Å²) in [5.74, 6) is -8.18. The molecule has 29 heavy (non-hydrogen) atoms. The fraction of sp³-hybridized carbons (Fsp3) is 0.900. The van der Waals surface area contributed by atoms with Crippen LogP contribution in [0.15, 0.2) is 0 Å². The molecule has 0 radical (unpaired) electrons. The van der Waals surface area contributed by atoms with Gasteiger partial charge in [-0.05, 0) is 6.42 Å². The minimum atomic E-state index is -3.65. The van der Waals surface area contributed by atoms with Gasteiger partial charge in [-0.15, -0.1) is 0 Å². The second kappa shape index (κ2) is 11.1. The first-order valence-corrected chi connectivity index (χ1v) is 12.5. The Morgan fingerprint density at radius 1 is 0.759 bits per heavy atom. The van der Waals surface area contributed by atoms with Crippen LogP contribution in [-0.4, -0.2) is 33.5 Å². The molecule has 0 aromatic rings. The third kappa shape index (κ3) is 6.68. The Morgan fingerprint density at radius 3 is 1.52 bits per heavy atom. The Hall–Kier alpha value is -0.630. The Balaban J connectivity index is 1.43. The predicted octanol–water partition coefficient (Wildman–Crippen LogP) is 4.52. The standard InChI is InChI=1S/C20H35O8P/c1-2-3-4-5-6-7-8-9-10-11-12-13-14-15-16-17(21)19(23,24)18(22)20-26-29(25,27-20)28-20/h23-24H,2-16H2,1H3. The lowest BCUT2D eigenvalue weighted by Gasteiger charge is -2.54. The van der Waals surface area contributed by atoms with Crippen LogP contribution in [0.3, 0.4) is 0 Å². The molecule has 3 aliphatic rings. The van der Waals surface area contributed by atoms with Gasteiger partial charge in [-0.1, -0.05) is 90.4 Å². The summed E-state index contributed by atoms with van der Waals surface area (Å²) in [6.07, 6.45) is 16.1. The molecule has 0 spiro atoms. The van der Waals surface area contributed by atoms with Gasteiger partial charge in [-0.25, -0.2) is 18.1 Å². The lowest BCUT2D eigenvalue weighted by atomic mass is 9.99. The number of carbonyl (C=O) groups is 2. The van der Waals surface area contributed by atoms with Gasteiger partial charge in [-0.3, -0.25) is 9.59 Å². The van der Waals surface area contributed by atoms with E-state index in [1.165, 1.54) is 64.2 Å². The smallest absolute Gasteiger partial charge is 0.354 e. The number of hydrogen-bond acceptors (Lipinski definition) is 8. The van der Waals surface area contributed by atoms with Crippen molar-refractivity contribution < 1.29 is 37.9 Å². The largest absolute Gasteiger partial charge is 0.489 e. The molecule has 0 aromatic carbocycles. The minimum absolute atomic E-state index is 0.148. The SMILES string of the molecule is CCCCCCCCCCCCCCCCC(=O)C(O)(O)C(=O)C12OP(=O)(O1)O2. The van der Waals surface area contributed by atoms with Crippen LogP contribution in [0, 0.1) is 0 Å². The summed E-state index contributed by atoms with van der Waals surface area (Å²) < 4.78 is 24.6. The first-order valence-electron chi connectivity index (χ1n) is 11.0. The van der Waals surface area contributed by atoms with Crippen LogP contribution in [0.4, 0.5) is 0 Å². The number of phosphoric ester groups is 1. The molecule has 0 saturated carbocycles. The molecule has 8 nitrogen and oxygen atoms in total. The Bertz CT molecular complexity index is 577. The summed E-state index contributed by atoms with van der Waals surface area (Å²) in [6, 6.07) is 0. The highest BCUT2D eigenvalue weighted by atomic mass is 31.2. The van der Waals surface area contributed by atoms with Crippen molar-refractivity contribution in [2.75, 3.05) is 0 Å². The van der Waals surface area contributed by atoms with Crippen LogP contribution in [0.2, 0.25) is 0 Å². The van der Waals surface area contributed by atoms with Gasteiger partial charge < -0.3 is 10.2 Å². The maximum absolute atomic E-state index is 12.0. The van der Waals surface area contributed by atoms with Crippen LogP contribution in [0.5, 0.6) is 0 Å². The van der Waals surface area contributed by atoms with E-state index in [1.54, 1.807) is 0 Å². The third-order valence-electron chi connectivity index (χ3n) is 5.44. The van der Waals surface area contributed by atoms with Gasteiger partial charge >= 0.3 is 13.8 Å². The maximum Gasteiger partial charge on any atom is 0.489 e. The number of ketones is 2. The van der Waals surface area contributed by atoms with Crippen LogP contribution in [0.25, 0.3) is 0 Å². The quantitative estimate of drug-likeness (QED) is 0.140. The summed E-state index contributed by atoms with van der Waals surface area (Å²) in [5, 5.41) is 19.6. The van der Waals surface area contributed by atoms with Crippen molar-refractivity contribution in [3.63, 3.8) is 0 Å². The molecule has 168 valence electrons. The molecule has 0 aliphatic carbocycles. The first kappa shape index (κ1) is 24.6. The Morgan fingerprint density at radius 2 is 1.14 bits per heavy atom. The highest BCUT2D eigenvalue weighted by molar-refractivity contribution is 7.52. The fourth-order valence-corrected chi connectivity index (χ4v) is 4.75. The van der Waals surface area contributed by atoms with Crippen LogP contribution in [0.1, 0.15) is 103 Å². The van der Waals surface area contributed by atoms with Crippen LogP contribution in [-0.2, 0) is 27.7 Å². The second-order valence-corrected chi connectivity index (χ2v) is 9.49. The van der Waals surface area contributed by atoms with E-state index >= 15 is 0 Å². The highest BCUT2D eigenvalue weighted by Crippen LogP contribution is 2.80. The van der Waals surface area contributed by atoms with E-state index in [9.17, 15) is 24.4 Å². The van der Waals surface area contributed by atoms with E-state index in [4.69, 9.17) is 0 Å². The first-order chi connectivity index (χ1) is 13.8. The van der Waals surface area contributed by atoms with Crippen LogP contribution < -0.4 is 0 Å². The molecule has 0 aromatic heterocycles. The number of hydrogen-bond donors (Lipinski definition) is 2. The van der Waals surface area contributed by atoms with Gasteiger partial charge in [0.05, 0.1) is 0 Å².